The van der Waals surface area contributed by atoms with Crippen molar-refractivity contribution < 1.29 is 4.79 Å². The highest BCUT2D eigenvalue weighted by molar-refractivity contribution is 14.1. The third-order valence-electron chi connectivity index (χ3n) is 1.14. The van der Waals surface area contributed by atoms with E-state index in [1.54, 1.807) is 6.07 Å². The molecule has 0 radical (unpaired) electrons. The normalized spacial score (nSPS) is 9.25. The molecule has 0 aliphatic rings. The standard InChI is InChI=1S/C7H2Cl2INO/c8-4-1-5(9)7(11-3-12)6(10)2-4/h1-2H. The maximum Gasteiger partial charge on any atom is 0.240 e. The molecule has 0 fully saturated rings. The van der Waals surface area contributed by atoms with E-state index in [0.29, 0.717) is 15.7 Å². The molecule has 1 aromatic carbocycles. The molecule has 0 atom stereocenters. The van der Waals surface area contributed by atoms with E-state index in [0.717, 1.165) is 3.57 Å². The summed E-state index contributed by atoms with van der Waals surface area (Å²) in [4.78, 5) is 13.4. The highest BCUT2D eigenvalue weighted by Crippen LogP contribution is 2.32. The van der Waals surface area contributed by atoms with Crippen LogP contribution in [0.3, 0.4) is 0 Å². The zero-order valence-electron chi connectivity index (χ0n) is 5.64. The highest BCUT2D eigenvalue weighted by Gasteiger charge is 2.05. The summed E-state index contributed by atoms with van der Waals surface area (Å²) in [6, 6.07) is 3.20. The minimum atomic E-state index is 0.357. The number of hydrogen-bond acceptors (Lipinski definition) is 2. The summed E-state index contributed by atoms with van der Waals surface area (Å²) < 4.78 is 0.730. The van der Waals surface area contributed by atoms with Gasteiger partial charge in [0.2, 0.25) is 6.08 Å². The van der Waals surface area contributed by atoms with Gasteiger partial charge in [-0.2, -0.15) is 4.99 Å². The van der Waals surface area contributed by atoms with Gasteiger partial charge in [-0.15, -0.1) is 0 Å². The monoisotopic (exact) mass is 313 g/mol. The number of rotatable bonds is 1. The lowest BCUT2D eigenvalue weighted by Gasteiger charge is -1.99. The van der Waals surface area contributed by atoms with Gasteiger partial charge >= 0.3 is 0 Å². The van der Waals surface area contributed by atoms with Crippen LogP contribution in [0.15, 0.2) is 17.1 Å². The van der Waals surface area contributed by atoms with Crippen LogP contribution in [-0.2, 0) is 4.79 Å². The number of isocyanates is 1. The minimum absolute atomic E-state index is 0.357. The van der Waals surface area contributed by atoms with Crippen LogP contribution in [0.4, 0.5) is 5.69 Å². The lowest BCUT2D eigenvalue weighted by molar-refractivity contribution is 0.565. The Kier molecular flexibility index (Phi) is 3.53. The summed E-state index contributed by atoms with van der Waals surface area (Å²) in [6.45, 7) is 0. The molecule has 0 unspecified atom stereocenters. The molecule has 1 rings (SSSR count). The van der Waals surface area contributed by atoms with E-state index >= 15 is 0 Å². The zero-order chi connectivity index (χ0) is 9.14. The van der Waals surface area contributed by atoms with Crippen LogP contribution in [0.2, 0.25) is 10.0 Å². The van der Waals surface area contributed by atoms with Crippen LogP contribution in [0.25, 0.3) is 0 Å². The number of aliphatic imine (C=N–C) groups is 1. The summed E-state index contributed by atoms with van der Waals surface area (Å²) in [5.41, 5.74) is 0.414. The quantitative estimate of drug-likeness (QED) is 0.443. The molecule has 0 aromatic heterocycles. The van der Waals surface area contributed by atoms with Gasteiger partial charge in [0, 0.05) is 8.59 Å². The summed E-state index contributed by atoms with van der Waals surface area (Å²) in [6.07, 6.45) is 1.43. The molecule has 0 amide bonds. The van der Waals surface area contributed by atoms with Crippen LogP contribution in [-0.4, -0.2) is 6.08 Å². The largest absolute Gasteiger partial charge is 0.240 e. The van der Waals surface area contributed by atoms with Crippen molar-refractivity contribution in [2.75, 3.05) is 0 Å². The van der Waals surface area contributed by atoms with Crippen LogP contribution >= 0.6 is 45.8 Å². The molecule has 0 bridgehead atoms. The van der Waals surface area contributed by atoms with E-state index < -0.39 is 0 Å². The fraction of sp³-hybridized carbons (Fsp3) is 0. The molecular formula is C7H2Cl2INO. The smallest absolute Gasteiger partial charge is 0.211 e. The molecule has 0 aliphatic heterocycles. The highest BCUT2D eigenvalue weighted by atomic mass is 127. The summed E-state index contributed by atoms with van der Waals surface area (Å²) in [5.74, 6) is 0. The van der Waals surface area contributed by atoms with Crippen molar-refractivity contribution >= 4 is 57.6 Å². The number of nitrogens with zero attached hydrogens (tertiary/aromatic N) is 1. The van der Waals surface area contributed by atoms with Gasteiger partial charge in [-0.05, 0) is 34.7 Å². The summed E-state index contributed by atoms with van der Waals surface area (Å²) in [5, 5.41) is 0.879. The Morgan fingerprint density at radius 2 is 2.08 bits per heavy atom. The number of hydrogen-bond donors (Lipinski definition) is 0. The predicted molar refractivity (Wildman–Crippen MR) is 57.0 cm³/mol. The van der Waals surface area contributed by atoms with Gasteiger partial charge in [-0.1, -0.05) is 23.2 Å². The molecule has 5 heteroatoms. The average molecular weight is 314 g/mol. The van der Waals surface area contributed by atoms with Crippen molar-refractivity contribution in [3.05, 3.63) is 25.7 Å². The average Bonchev–Trinajstić information content (AvgIpc) is 1.96. The third-order valence-corrected chi connectivity index (χ3v) is 2.47. The van der Waals surface area contributed by atoms with E-state index in [1.165, 1.54) is 12.1 Å². The molecular weight excluding hydrogens is 312 g/mol. The van der Waals surface area contributed by atoms with Gasteiger partial charge in [0.1, 0.15) is 5.69 Å². The summed E-state index contributed by atoms with van der Waals surface area (Å²) >= 11 is 13.4. The predicted octanol–water partition coefficient (Wildman–Crippen LogP) is 3.57. The summed E-state index contributed by atoms with van der Waals surface area (Å²) in [7, 11) is 0. The van der Waals surface area contributed by atoms with Gasteiger partial charge in [0.15, 0.2) is 0 Å². The Bertz CT molecular complexity index is 337. The Labute approximate surface area is 92.7 Å². The van der Waals surface area contributed by atoms with Crippen molar-refractivity contribution in [1.29, 1.82) is 0 Å². The Morgan fingerprint density at radius 1 is 1.42 bits per heavy atom. The Morgan fingerprint density at radius 3 is 2.58 bits per heavy atom. The maximum absolute atomic E-state index is 9.98. The SMILES string of the molecule is O=C=Nc1c(Cl)cc(Cl)cc1I. The molecule has 1 aromatic rings. The number of carbonyl (C=O) groups excluding carboxylic acids is 1. The van der Waals surface area contributed by atoms with Crippen LogP contribution in [0.5, 0.6) is 0 Å². The van der Waals surface area contributed by atoms with E-state index in [4.69, 9.17) is 23.2 Å². The van der Waals surface area contributed by atoms with E-state index in [-0.39, 0.29) is 0 Å². The molecule has 0 saturated carbocycles. The van der Waals surface area contributed by atoms with E-state index in [9.17, 15) is 4.79 Å². The molecule has 0 heterocycles. The first-order chi connectivity index (χ1) is 5.65. The first kappa shape index (κ1) is 9.99. The van der Waals surface area contributed by atoms with Crippen molar-refractivity contribution in [1.82, 2.24) is 0 Å². The van der Waals surface area contributed by atoms with Crippen LogP contribution < -0.4 is 0 Å². The van der Waals surface area contributed by atoms with Crippen molar-refractivity contribution in [2.45, 2.75) is 0 Å². The second-order valence-electron chi connectivity index (χ2n) is 1.92. The molecule has 12 heavy (non-hydrogen) atoms. The first-order valence-electron chi connectivity index (χ1n) is 2.87. The van der Waals surface area contributed by atoms with Crippen molar-refractivity contribution in [3.63, 3.8) is 0 Å². The number of halogens is 3. The Balaban J connectivity index is 3.37. The van der Waals surface area contributed by atoms with Gasteiger partial charge in [-0.3, -0.25) is 0 Å². The fourth-order valence-corrected chi connectivity index (χ4v) is 2.31. The van der Waals surface area contributed by atoms with Gasteiger partial charge in [0.25, 0.3) is 0 Å². The van der Waals surface area contributed by atoms with Crippen LogP contribution in [0.1, 0.15) is 0 Å². The molecule has 0 spiro atoms. The second kappa shape index (κ2) is 4.23. The van der Waals surface area contributed by atoms with Gasteiger partial charge in [0.05, 0.1) is 5.02 Å². The zero-order valence-corrected chi connectivity index (χ0v) is 9.31. The molecule has 0 saturated heterocycles. The lowest BCUT2D eigenvalue weighted by atomic mass is 10.3. The fourth-order valence-electron chi connectivity index (χ4n) is 0.687. The lowest BCUT2D eigenvalue weighted by Crippen LogP contribution is -1.75. The van der Waals surface area contributed by atoms with E-state index in [2.05, 4.69) is 4.99 Å². The Hall–Kier alpha value is -0.0900. The van der Waals surface area contributed by atoms with Crippen molar-refractivity contribution in [3.8, 4) is 0 Å². The second-order valence-corrected chi connectivity index (χ2v) is 3.93. The molecule has 0 aliphatic carbocycles. The minimum Gasteiger partial charge on any atom is -0.211 e. The topological polar surface area (TPSA) is 29.4 Å². The van der Waals surface area contributed by atoms with Crippen LogP contribution in [0, 0.1) is 3.57 Å². The van der Waals surface area contributed by atoms with Gasteiger partial charge < -0.3 is 0 Å². The number of benzene rings is 1. The van der Waals surface area contributed by atoms with Gasteiger partial charge in [-0.25, -0.2) is 4.79 Å². The third kappa shape index (κ3) is 2.20. The molecule has 0 N–H and O–H groups in total. The molecule has 2 nitrogen and oxygen atoms in total. The maximum atomic E-state index is 9.98. The van der Waals surface area contributed by atoms with E-state index in [1.807, 2.05) is 22.6 Å². The molecule has 62 valence electrons. The van der Waals surface area contributed by atoms with Crippen molar-refractivity contribution in [2.24, 2.45) is 4.99 Å². The first-order valence-corrected chi connectivity index (χ1v) is 4.71.